The van der Waals surface area contributed by atoms with Crippen LogP contribution < -0.4 is 0 Å². The van der Waals surface area contributed by atoms with E-state index in [1.807, 2.05) is 18.5 Å². The Balaban J connectivity index is 1.71. The smallest absolute Gasteiger partial charge is 0.0299 e. The van der Waals surface area contributed by atoms with Crippen molar-refractivity contribution in [2.75, 3.05) is 0 Å². The molecule has 0 bridgehead atoms. The van der Waals surface area contributed by atoms with E-state index in [2.05, 4.69) is 72.1 Å². The molecule has 0 saturated heterocycles. The normalized spacial score (nSPS) is 10.5. The molecule has 1 heteroatoms. The molecule has 3 rings (SSSR count). The summed E-state index contributed by atoms with van der Waals surface area (Å²) in [5, 5.41) is 0. The minimum atomic E-state index is 0.955. The van der Waals surface area contributed by atoms with E-state index in [1.54, 1.807) is 0 Å². The van der Waals surface area contributed by atoms with Gasteiger partial charge in [-0.15, -0.1) is 0 Å². The zero-order valence-corrected chi connectivity index (χ0v) is 11.9. The third-order valence-corrected chi connectivity index (χ3v) is 3.57. The van der Waals surface area contributed by atoms with Crippen molar-refractivity contribution in [1.29, 1.82) is 0 Å². The Morgan fingerprint density at radius 3 is 2.38 bits per heavy atom. The Hall–Kier alpha value is -2.41. The van der Waals surface area contributed by atoms with E-state index >= 15 is 0 Å². The molecule has 1 heterocycles. The minimum Gasteiger partial charge on any atom is -0.264 e. The molecule has 0 amide bonds. The standard InChI is InChI=1S/C20H18N/c1-2-10-18(11-3-1)20-14-5-4-12-19(20)13-6-8-17-9-7-15-21-16-17/h1-7,9-12,14-16H,8,13H2. The van der Waals surface area contributed by atoms with E-state index in [4.69, 9.17) is 0 Å². The summed E-state index contributed by atoms with van der Waals surface area (Å²) in [5.74, 6) is 0. The van der Waals surface area contributed by atoms with Crippen LogP contribution in [0, 0.1) is 6.42 Å². The molecule has 0 aliphatic rings. The predicted molar refractivity (Wildman–Crippen MR) is 87.8 cm³/mol. The lowest BCUT2D eigenvalue weighted by atomic mass is 9.95. The summed E-state index contributed by atoms with van der Waals surface area (Å²) in [7, 11) is 0. The van der Waals surface area contributed by atoms with E-state index in [-0.39, 0.29) is 0 Å². The van der Waals surface area contributed by atoms with Crippen LogP contribution in [0.5, 0.6) is 0 Å². The first-order valence-electron chi connectivity index (χ1n) is 7.27. The van der Waals surface area contributed by atoms with Gasteiger partial charge in [0.2, 0.25) is 0 Å². The van der Waals surface area contributed by atoms with Crippen molar-refractivity contribution in [3.05, 3.63) is 96.7 Å². The fourth-order valence-electron chi connectivity index (χ4n) is 2.51. The van der Waals surface area contributed by atoms with E-state index < -0.39 is 0 Å². The highest BCUT2D eigenvalue weighted by Crippen LogP contribution is 2.24. The zero-order chi connectivity index (χ0) is 14.3. The van der Waals surface area contributed by atoms with E-state index in [0.29, 0.717) is 0 Å². The Morgan fingerprint density at radius 1 is 0.762 bits per heavy atom. The molecule has 0 aliphatic carbocycles. The molecule has 0 saturated carbocycles. The molecule has 1 nitrogen and oxygen atoms in total. The predicted octanol–water partition coefficient (Wildman–Crippen LogP) is 4.74. The van der Waals surface area contributed by atoms with Gasteiger partial charge in [0.25, 0.3) is 0 Å². The highest BCUT2D eigenvalue weighted by Gasteiger charge is 2.04. The maximum atomic E-state index is 4.16. The summed E-state index contributed by atoms with van der Waals surface area (Å²) in [6, 6.07) is 23.3. The van der Waals surface area contributed by atoms with Crippen molar-refractivity contribution in [2.24, 2.45) is 0 Å². The number of hydrogen-bond donors (Lipinski definition) is 0. The molecule has 1 radical (unpaired) electrons. The highest BCUT2D eigenvalue weighted by molar-refractivity contribution is 5.67. The van der Waals surface area contributed by atoms with Gasteiger partial charge < -0.3 is 0 Å². The van der Waals surface area contributed by atoms with Crippen LogP contribution in [0.15, 0.2) is 79.1 Å². The maximum Gasteiger partial charge on any atom is 0.0299 e. The number of pyridine rings is 1. The Bertz CT molecular complexity index is 674. The van der Waals surface area contributed by atoms with Gasteiger partial charge in [-0.05, 0) is 47.6 Å². The zero-order valence-electron chi connectivity index (χ0n) is 11.9. The number of benzene rings is 2. The summed E-state index contributed by atoms with van der Waals surface area (Å²) in [6.07, 6.45) is 7.99. The van der Waals surface area contributed by atoms with Crippen molar-refractivity contribution >= 4 is 0 Å². The number of rotatable bonds is 5. The van der Waals surface area contributed by atoms with Gasteiger partial charge in [0.1, 0.15) is 0 Å². The SMILES string of the molecule is [CH](Cc1cccnc1)Cc1ccccc1-c1ccccc1. The van der Waals surface area contributed by atoms with Crippen molar-refractivity contribution in [3.63, 3.8) is 0 Å². The summed E-state index contributed by atoms with van der Waals surface area (Å²) in [6.45, 7) is 0. The van der Waals surface area contributed by atoms with Crippen LogP contribution in [0.1, 0.15) is 11.1 Å². The van der Waals surface area contributed by atoms with E-state index in [9.17, 15) is 0 Å². The number of hydrogen-bond acceptors (Lipinski definition) is 1. The van der Waals surface area contributed by atoms with Gasteiger partial charge in [-0.1, -0.05) is 60.7 Å². The maximum absolute atomic E-state index is 4.16. The van der Waals surface area contributed by atoms with Gasteiger partial charge in [0.15, 0.2) is 0 Å². The minimum absolute atomic E-state index is 0.955. The molecule has 21 heavy (non-hydrogen) atoms. The number of nitrogens with zero attached hydrogens (tertiary/aromatic N) is 1. The molecule has 0 N–H and O–H groups in total. The molecule has 0 spiro atoms. The Labute approximate surface area is 126 Å². The molecular formula is C20H18N. The monoisotopic (exact) mass is 272 g/mol. The Kier molecular flexibility index (Phi) is 4.42. The van der Waals surface area contributed by atoms with Gasteiger partial charge in [-0.3, -0.25) is 4.98 Å². The first kappa shape index (κ1) is 13.6. The number of aromatic nitrogens is 1. The molecule has 0 unspecified atom stereocenters. The molecule has 0 aliphatic heterocycles. The highest BCUT2D eigenvalue weighted by atomic mass is 14.6. The lowest BCUT2D eigenvalue weighted by Gasteiger charge is -2.09. The fraction of sp³-hybridized carbons (Fsp3) is 0.100. The largest absolute Gasteiger partial charge is 0.264 e. The lowest BCUT2D eigenvalue weighted by molar-refractivity contribution is 1.02. The van der Waals surface area contributed by atoms with Gasteiger partial charge in [-0.25, -0.2) is 0 Å². The summed E-state index contributed by atoms with van der Waals surface area (Å²) >= 11 is 0. The molecule has 3 aromatic rings. The van der Waals surface area contributed by atoms with Gasteiger partial charge in [-0.2, -0.15) is 0 Å². The average Bonchev–Trinajstić information content (AvgIpc) is 2.57. The quantitative estimate of drug-likeness (QED) is 0.654. The first-order chi connectivity index (χ1) is 10.4. The van der Waals surface area contributed by atoms with Crippen LogP contribution in [0.3, 0.4) is 0 Å². The molecule has 2 aromatic carbocycles. The lowest BCUT2D eigenvalue weighted by Crippen LogP contribution is -1.94. The van der Waals surface area contributed by atoms with Gasteiger partial charge >= 0.3 is 0 Å². The second kappa shape index (κ2) is 6.85. The molecule has 0 atom stereocenters. The third-order valence-electron chi connectivity index (χ3n) is 3.57. The second-order valence-electron chi connectivity index (χ2n) is 5.08. The van der Waals surface area contributed by atoms with Crippen LogP contribution in [-0.4, -0.2) is 4.98 Å². The van der Waals surface area contributed by atoms with Crippen LogP contribution in [0.25, 0.3) is 11.1 Å². The molecule has 1 aromatic heterocycles. The third kappa shape index (κ3) is 3.57. The van der Waals surface area contributed by atoms with Crippen LogP contribution in [-0.2, 0) is 12.8 Å². The van der Waals surface area contributed by atoms with Crippen molar-refractivity contribution in [2.45, 2.75) is 12.8 Å². The fourth-order valence-corrected chi connectivity index (χ4v) is 2.51. The summed E-state index contributed by atoms with van der Waals surface area (Å²) < 4.78 is 0. The summed E-state index contributed by atoms with van der Waals surface area (Å²) in [4.78, 5) is 4.16. The van der Waals surface area contributed by atoms with E-state index in [0.717, 1.165) is 12.8 Å². The van der Waals surface area contributed by atoms with Crippen molar-refractivity contribution in [3.8, 4) is 11.1 Å². The second-order valence-corrected chi connectivity index (χ2v) is 5.08. The Morgan fingerprint density at radius 2 is 1.57 bits per heavy atom. The topological polar surface area (TPSA) is 12.9 Å². The van der Waals surface area contributed by atoms with Crippen LogP contribution in [0.2, 0.25) is 0 Å². The van der Waals surface area contributed by atoms with Gasteiger partial charge in [0.05, 0.1) is 0 Å². The van der Waals surface area contributed by atoms with Crippen LogP contribution in [0.4, 0.5) is 0 Å². The van der Waals surface area contributed by atoms with E-state index in [1.165, 1.54) is 22.3 Å². The first-order valence-corrected chi connectivity index (χ1v) is 7.27. The van der Waals surface area contributed by atoms with Crippen LogP contribution >= 0.6 is 0 Å². The molecule has 0 fully saturated rings. The van der Waals surface area contributed by atoms with Gasteiger partial charge in [0, 0.05) is 12.4 Å². The van der Waals surface area contributed by atoms with Crippen molar-refractivity contribution < 1.29 is 0 Å². The van der Waals surface area contributed by atoms with Crippen molar-refractivity contribution in [1.82, 2.24) is 4.98 Å². The molecular weight excluding hydrogens is 254 g/mol. The summed E-state index contributed by atoms with van der Waals surface area (Å²) in [5.41, 5.74) is 5.23. The average molecular weight is 272 g/mol. The molecule has 103 valence electrons.